The van der Waals surface area contributed by atoms with Crippen LogP contribution in [-0.4, -0.2) is 27.3 Å². The monoisotopic (exact) mass is 343 g/mol. The van der Waals surface area contributed by atoms with Crippen molar-refractivity contribution in [2.75, 3.05) is 6.54 Å². The molecule has 2 aromatic heterocycles. The highest BCUT2D eigenvalue weighted by Crippen LogP contribution is 2.15. The summed E-state index contributed by atoms with van der Waals surface area (Å²) in [5, 5.41) is 19.1. The number of aliphatic hydroxyl groups is 1. The molecule has 124 valence electrons. The van der Waals surface area contributed by atoms with Crippen LogP contribution in [0.3, 0.4) is 0 Å². The Kier molecular flexibility index (Phi) is 4.64. The van der Waals surface area contributed by atoms with Crippen molar-refractivity contribution >= 4 is 17.2 Å². The van der Waals surface area contributed by atoms with Gasteiger partial charge in [-0.05, 0) is 41.4 Å². The Morgan fingerprint density at radius 2 is 2.08 bits per heavy atom. The minimum Gasteiger partial charge on any atom is -0.387 e. The van der Waals surface area contributed by atoms with Crippen LogP contribution in [0.5, 0.6) is 0 Å². The van der Waals surface area contributed by atoms with Crippen LogP contribution in [0.1, 0.15) is 27.7 Å². The number of hydrogen-bond acceptors (Lipinski definition) is 4. The Morgan fingerprint density at radius 1 is 1.33 bits per heavy atom. The number of carbonyl (C=O) groups excluding carboxylic acids is 1. The van der Waals surface area contributed by atoms with Crippen molar-refractivity contribution in [3.63, 3.8) is 0 Å². The highest BCUT2D eigenvalue weighted by atomic mass is 32.1. The summed E-state index contributed by atoms with van der Waals surface area (Å²) in [5.41, 5.74) is 2.33. The number of nitrogens with zero attached hydrogens (tertiary/aromatic N) is 1. The van der Waals surface area contributed by atoms with Gasteiger partial charge in [0.15, 0.2) is 0 Å². The number of H-pyrrole nitrogens is 1. The lowest BCUT2D eigenvalue weighted by molar-refractivity contribution is 0.0911. The van der Waals surface area contributed by atoms with Crippen molar-refractivity contribution in [2.24, 2.45) is 0 Å². The van der Waals surface area contributed by atoms with Crippen LogP contribution in [0.15, 0.2) is 52.0 Å². The summed E-state index contributed by atoms with van der Waals surface area (Å²) in [6, 6.07) is 10.4. The molecule has 7 heteroatoms. The number of nitrogens with one attached hydrogen (secondary N) is 2. The lowest BCUT2D eigenvalue weighted by Crippen LogP contribution is -2.28. The van der Waals surface area contributed by atoms with Gasteiger partial charge in [0.1, 0.15) is 5.69 Å². The summed E-state index contributed by atoms with van der Waals surface area (Å²) in [5.74, 6) is -0.438. The van der Waals surface area contributed by atoms with Crippen LogP contribution in [0.25, 0.3) is 5.69 Å². The first-order valence-corrected chi connectivity index (χ1v) is 8.36. The third-order valence-electron chi connectivity index (χ3n) is 3.64. The summed E-state index contributed by atoms with van der Waals surface area (Å²) in [4.78, 5) is 24.2. The third-order valence-corrected chi connectivity index (χ3v) is 4.34. The predicted octanol–water partition coefficient (Wildman–Crippen LogP) is 2.00. The Balaban J connectivity index is 1.71. The molecule has 3 aromatic rings. The molecule has 0 saturated heterocycles. The third kappa shape index (κ3) is 3.47. The zero-order valence-electron chi connectivity index (χ0n) is 13.0. The van der Waals surface area contributed by atoms with Gasteiger partial charge in [-0.15, -0.1) is 0 Å². The quantitative estimate of drug-likeness (QED) is 0.662. The van der Waals surface area contributed by atoms with E-state index >= 15 is 0 Å². The van der Waals surface area contributed by atoms with E-state index in [0.29, 0.717) is 5.69 Å². The lowest BCUT2D eigenvalue weighted by Gasteiger charge is -2.09. The number of amides is 1. The van der Waals surface area contributed by atoms with E-state index in [4.69, 9.17) is 0 Å². The Hall–Kier alpha value is -2.64. The van der Waals surface area contributed by atoms with Crippen molar-refractivity contribution in [3.8, 4) is 5.69 Å². The van der Waals surface area contributed by atoms with Gasteiger partial charge in [-0.2, -0.15) is 11.3 Å². The first-order valence-electron chi connectivity index (χ1n) is 7.42. The zero-order chi connectivity index (χ0) is 17.1. The number of aryl methyl sites for hydroxylation is 1. The molecule has 2 heterocycles. The van der Waals surface area contributed by atoms with E-state index in [2.05, 4.69) is 10.4 Å². The molecule has 0 bridgehead atoms. The van der Waals surface area contributed by atoms with E-state index in [9.17, 15) is 14.7 Å². The van der Waals surface area contributed by atoms with Crippen LogP contribution >= 0.6 is 11.3 Å². The van der Waals surface area contributed by atoms with Crippen LogP contribution in [0.2, 0.25) is 0 Å². The van der Waals surface area contributed by atoms with Crippen LogP contribution in [0.4, 0.5) is 0 Å². The molecule has 0 radical (unpaired) electrons. The molecule has 0 fully saturated rings. The van der Waals surface area contributed by atoms with Crippen molar-refractivity contribution in [3.05, 3.63) is 74.3 Å². The molecule has 0 aliphatic rings. The molecular weight excluding hydrogens is 326 g/mol. The van der Waals surface area contributed by atoms with E-state index in [1.807, 2.05) is 29.8 Å². The molecule has 24 heavy (non-hydrogen) atoms. The average molecular weight is 343 g/mol. The molecule has 0 aliphatic heterocycles. The van der Waals surface area contributed by atoms with E-state index in [1.165, 1.54) is 22.1 Å². The van der Waals surface area contributed by atoms with Crippen LogP contribution < -0.4 is 10.9 Å². The number of aliphatic hydroxyl groups excluding tert-OH is 1. The zero-order valence-corrected chi connectivity index (χ0v) is 13.8. The van der Waals surface area contributed by atoms with Crippen LogP contribution in [-0.2, 0) is 0 Å². The highest BCUT2D eigenvalue weighted by Gasteiger charge is 2.14. The number of carbonyl (C=O) groups is 1. The molecule has 1 atom stereocenters. The largest absolute Gasteiger partial charge is 0.387 e. The Labute approximate surface area is 142 Å². The highest BCUT2D eigenvalue weighted by molar-refractivity contribution is 7.07. The maximum Gasteiger partial charge on any atom is 0.271 e. The standard InChI is InChI=1S/C17H17N3O3S/c1-11-2-4-13(5-3-11)20-16(22)8-14(19-20)17(23)18-9-15(21)12-6-7-24-10-12/h2-8,10,15,19,21H,9H2,1H3,(H,18,23). The Bertz CT molecular complexity index is 879. The summed E-state index contributed by atoms with van der Waals surface area (Å²) >= 11 is 1.48. The van der Waals surface area contributed by atoms with Crippen LogP contribution in [0, 0.1) is 6.92 Å². The van der Waals surface area contributed by atoms with Gasteiger partial charge in [0.05, 0.1) is 11.8 Å². The topological polar surface area (TPSA) is 87.1 Å². The number of aromatic amines is 1. The van der Waals surface area contributed by atoms with Gasteiger partial charge in [0, 0.05) is 12.6 Å². The second-order valence-electron chi connectivity index (χ2n) is 5.46. The smallest absolute Gasteiger partial charge is 0.271 e. The van der Waals surface area contributed by atoms with Crippen molar-refractivity contribution in [2.45, 2.75) is 13.0 Å². The molecular formula is C17H17N3O3S. The van der Waals surface area contributed by atoms with E-state index in [-0.39, 0.29) is 17.8 Å². The number of hydrogen-bond donors (Lipinski definition) is 3. The first-order chi connectivity index (χ1) is 11.5. The fourth-order valence-corrected chi connectivity index (χ4v) is 2.97. The molecule has 3 rings (SSSR count). The maximum absolute atomic E-state index is 12.2. The average Bonchev–Trinajstić information content (AvgIpc) is 3.23. The lowest BCUT2D eigenvalue weighted by atomic mass is 10.2. The number of benzene rings is 1. The second-order valence-corrected chi connectivity index (χ2v) is 6.24. The first kappa shape index (κ1) is 16.2. The predicted molar refractivity (Wildman–Crippen MR) is 92.7 cm³/mol. The molecule has 1 unspecified atom stereocenters. The Morgan fingerprint density at radius 3 is 2.75 bits per heavy atom. The van der Waals surface area contributed by atoms with Gasteiger partial charge >= 0.3 is 0 Å². The molecule has 0 spiro atoms. The second kappa shape index (κ2) is 6.86. The fraction of sp³-hybridized carbons (Fsp3) is 0.176. The molecule has 6 nitrogen and oxygen atoms in total. The van der Waals surface area contributed by atoms with Gasteiger partial charge in [0.2, 0.25) is 0 Å². The van der Waals surface area contributed by atoms with Crippen molar-refractivity contribution in [1.29, 1.82) is 0 Å². The van der Waals surface area contributed by atoms with Gasteiger partial charge in [-0.1, -0.05) is 17.7 Å². The minimum atomic E-state index is -0.772. The minimum absolute atomic E-state index is 0.0767. The number of rotatable bonds is 5. The maximum atomic E-state index is 12.2. The van der Waals surface area contributed by atoms with Gasteiger partial charge < -0.3 is 10.4 Å². The molecule has 0 aliphatic carbocycles. The number of thiophene rings is 1. The van der Waals surface area contributed by atoms with Gasteiger partial charge in [-0.25, -0.2) is 4.68 Å². The number of aromatic nitrogens is 2. The molecule has 3 N–H and O–H groups in total. The van der Waals surface area contributed by atoms with E-state index in [0.717, 1.165) is 11.1 Å². The molecule has 1 amide bonds. The summed E-state index contributed by atoms with van der Waals surface area (Å²) < 4.78 is 1.31. The fourth-order valence-electron chi connectivity index (χ4n) is 2.26. The molecule has 1 aromatic carbocycles. The van der Waals surface area contributed by atoms with E-state index < -0.39 is 12.0 Å². The van der Waals surface area contributed by atoms with E-state index in [1.54, 1.807) is 18.2 Å². The normalized spacial score (nSPS) is 12.1. The molecule has 0 saturated carbocycles. The van der Waals surface area contributed by atoms with Crippen molar-refractivity contribution < 1.29 is 9.90 Å². The van der Waals surface area contributed by atoms with Gasteiger partial charge in [-0.3, -0.25) is 14.7 Å². The SMILES string of the molecule is Cc1ccc(-n2[nH]c(C(=O)NCC(O)c3ccsc3)cc2=O)cc1. The van der Waals surface area contributed by atoms with Crippen molar-refractivity contribution in [1.82, 2.24) is 15.1 Å². The summed E-state index contributed by atoms with van der Waals surface area (Å²) in [6.45, 7) is 2.03. The summed E-state index contributed by atoms with van der Waals surface area (Å²) in [6.07, 6.45) is -0.772. The summed E-state index contributed by atoms with van der Waals surface area (Å²) in [7, 11) is 0. The van der Waals surface area contributed by atoms with Gasteiger partial charge in [0.25, 0.3) is 11.5 Å².